The number of hydrogen-bond donors (Lipinski definition) is 0. The summed E-state index contributed by atoms with van der Waals surface area (Å²) >= 11 is 0. The largest absolute Gasteiger partial charge is 0.497 e. The minimum atomic E-state index is 0.812. The van der Waals surface area contributed by atoms with Gasteiger partial charge in [-0.3, -0.25) is 0 Å². The number of unbranched alkanes of at least 4 members (excludes halogenated alkanes) is 2. The van der Waals surface area contributed by atoms with Gasteiger partial charge in [-0.05, 0) is 76.0 Å². The van der Waals surface area contributed by atoms with Crippen molar-refractivity contribution in [2.24, 2.45) is 0 Å². The van der Waals surface area contributed by atoms with Crippen LogP contribution in [0.2, 0.25) is 0 Å². The Bertz CT molecular complexity index is 344. The van der Waals surface area contributed by atoms with Gasteiger partial charge in [0.15, 0.2) is 0 Å². The van der Waals surface area contributed by atoms with E-state index in [9.17, 15) is 0 Å². The zero-order valence-corrected chi connectivity index (χ0v) is 11.9. The molecule has 0 bridgehead atoms. The van der Waals surface area contributed by atoms with Gasteiger partial charge in [0.05, 0.1) is 13.7 Å². The molecule has 1 heterocycles. The molecule has 0 spiro atoms. The van der Waals surface area contributed by atoms with Crippen molar-refractivity contribution in [1.29, 1.82) is 0 Å². The average molecular weight is 263 g/mol. The van der Waals surface area contributed by atoms with Crippen molar-refractivity contribution in [1.82, 2.24) is 4.90 Å². The monoisotopic (exact) mass is 263 g/mol. The van der Waals surface area contributed by atoms with E-state index in [2.05, 4.69) is 4.90 Å². The summed E-state index contributed by atoms with van der Waals surface area (Å²) in [7, 11) is 1.68. The summed E-state index contributed by atoms with van der Waals surface area (Å²) in [5.74, 6) is 1.80. The second-order valence-corrected chi connectivity index (χ2v) is 5.13. The van der Waals surface area contributed by atoms with Gasteiger partial charge >= 0.3 is 0 Å². The van der Waals surface area contributed by atoms with Crippen LogP contribution in [-0.4, -0.2) is 38.3 Å². The minimum Gasteiger partial charge on any atom is -0.497 e. The molecule has 0 amide bonds. The molecule has 1 aromatic rings. The Morgan fingerprint density at radius 3 is 2.32 bits per heavy atom. The van der Waals surface area contributed by atoms with Crippen molar-refractivity contribution >= 4 is 0 Å². The van der Waals surface area contributed by atoms with E-state index in [1.165, 1.54) is 45.3 Å². The maximum Gasteiger partial charge on any atom is 0.119 e. The van der Waals surface area contributed by atoms with Crippen LogP contribution in [0.15, 0.2) is 24.3 Å². The molecule has 1 saturated heterocycles. The summed E-state index contributed by atoms with van der Waals surface area (Å²) in [4.78, 5) is 2.57. The van der Waals surface area contributed by atoms with Crippen molar-refractivity contribution in [3.8, 4) is 11.5 Å². The Hall–Kier alpha value is -1.22. The fourth-order valence-electron chi connectivity index (χ4n) is 2.48. The highest BCUT2D eigenvalue weighted by Gasteiger charge is 2.09. The number of rotatable bonds is 8. The smallest absolute Gasteiger partial charge is 0.119 e. The molecule has 0 aromatic heterocycles. The highest BCUT2D eigenvalue weighted by Crippen LogP contribution is 2.17. The van der Waals surface area contributed by atoms with Gasteiger partial charge in [0.1, 0.15) is 11.5 Å². The number of likely N-dealkylation sites (tertiary alicyclic amines) is 1. The van der Waals surface area contributed by atoms with Crippen molar-refractivity contribution < 1.29 is 9.47 Å². The van der Waals surface area contributed by atoms with Crippen molar-refractivity contribution in [2.45, 2.75) is 32.1 Å². The number of hydrogen-bond acceptors (Lipinski definition) is 3. The molecule has 1 aromatic carbocycles. The standard InChI is InChI=1S/C16H25NO2/c1-18-15-7-9-16(10-8-15)19-14-6-2-3-11-17-12-4-5-13-17/h7-10H,2-6,11-14H2,1H3. The van der Waals surface area contributed by atoms with Crippen LogP contribution in [0, 0.1) is 0 Å². The Balaban J connectivity index is 1.51. The van der Waals surface area contributed by atoms with Crippen LogP contribution in [-0.2, 0) is 0 Å². The molecule has 0 unspecified atom stereocenters. The second kappa shape index (κ2) is 8.05. The van der Waals surface area contributed by atoms with Crippen LogP contribution < -0.4 is 9.47 Å². The lowest BCUT2D eigenvalue weighted by Gasteiger charge is -2.13. The first-order chi connectivity index (χ1) is 9.38. The number of nitrogens with zero attached hydrogens (tertiary/aromatic N) is 1. The molecule has 0 aliphatic carbocycles. The molecule has 0 N–H and O–H groups in total. The van der Waals surface area contributed by atoms with Crippen molar-refractivity contribution in [2.75, 3.05) is 33.4 Å². The first-order valence-corrected chi connectivity index (χ1v) is 7.38. The molecule has 19 heavy (non-hydrogen) atoms. The lowest BCUT2D eigenvalue weighted by molar-refractivity contribution is 0.290. The summed E-state index contributed by atoms with van der Waals surface area (Å²) in [6.45, 7) is 4.69. The van der Waals surface area contributed by atoms with Crippen LogP contribution in [0.25, 0.3) is 0 Å². The first-order valence-electron chi connectivity index (χ1n) is 7.38. The quantitative estimate of drug-likeness (QED) is 0.671. The van der Waals surface area contributed by atoms with Gasteiger partial charge in [-0.1, -0.05) is 0 Å². The van der Waals surface area contributed by atoms with Gasteiger partial charge in [0.2, 0.25) is 0 Å². The summed E-state index contributed by atoms with van der Waals surface area (Å²) in [6.07, 6.45) is 6.47. The Labute approximate surface area is 116 Å². The minimum absolute atomic E-state index is 0.812. The predicted molar refractivity (Wildman–Crippen MR) is 78.0 cm³/mol. The molecule has 0 saturated carbocycles. The highest BCUT2D eigenvalue weighted by molar-refractivity contribution is 5.31. The van der Waals surface area contributed by atoms with E-state index in [-0.39, 0.29) is 0 Å². The molecule has 1 aliphatic rings. The zero-order chi connectivity index (χ0) is 13.3. The fraction of sp³-hybridized carbons (Fsp3) is 0.625. The van der Waals surface area contributed by atoms with E-state index in [1.807, 2.05) is 24.3 Å². The van der Waals surface area contributed by atoms with E-state index < -0.39 is 0 Å². The van der Waals surface area contributed by atoms with E-state index >= 15 is 0 Å². The topological polar surface area (TPSA) is 21.7 Å². The molecule has 2 rings (SSSR count). The fourth-order valence-corrected chi connectivity index (χ4v) is 2.48. The molecule has 1 aliphatic heterocycles. The van der Waals surface area contributed by atoms with Gasteiger partial charge in [-0.25, -0.2) is 0 Å². The summed E-state index contributed by atoms with van der Waals surface area (Å²) in [5.41, 5.74) is 0. The molecule has 1 fully saturated rings. The third kappa shape index (κ3) is 5.11. The highest BCUT2D eigenvalue weighted by atomic mass is 16.5. The van der Waals surface area contributed by atoms with Gasteiger partial charge in [0.25, 0.3) is 0 Å². The van der Waals surface area contributed by atoms with Gasteiger partial charge < -0.3 is 14.4 Å². The maximum atomic E-state index is 5.71. The van der Waals surface area contributed by atoms with Crippen molar-refractivity contribution in [3.63, 3.8) is 0 Å². The zero-order valence-electron chi connectivity index (χ0n) is 11.9. The summed E-state index contributed by atoms with van der Waals surface area (Å²) < 4.78 is 10.8. The third-order valence-corrected chi connectivity index (χ3v) is 3.65. The lowest BCUT2D eigenvalue weighted by atomic mass is 10.2. The molecule has 0 radical (unpaired) electrons. The normalized spacial score (nSPS) is 15.6. The predicted octanol–water partition coefficient (Wildman–Crippen LogP) is 3.34. The Morgan fingerprint density at radius 1 is 0.947 bits per heavy atom. The molecule has 106 valence electrons. The number of benzene rings is 1. The van der Waals surface area contributed by atoms with Crippen LogP contribution in [0.3, 0.4) is 0 Å². The average Bonchev–Trinajstić information content (AvgIpc) is 2.96. The first kappa shape index (κ1) is 14.2. The van der Waals surface area contributed by atoms with Gasteiger partial charge in [0, 0.05) is 0 Å². The molecule has 3 heteroatoms. The van der Waals surface area contributed by atoms with Crippen molar-refractivity contribution in [3.05, 3.63) is 24.3 Å². The molecule has 3 nitrogen and oxygen atoms in total. The van der Waals surface area contributed by atoms with Crippen LogP contribution in [0.4, 0.5) is 0 Å². The van der Waals surface area contributed by atoms with Crippen LogP contribution in [0.1, 0.15) is 32.1 Å². The summed E-state index contributed by atoms with van der Waals surface area (Å²) in [5, 5.41) is 0. The van der Waals surface area contributed by atoms with Crippen LogP contribution >= 0.6 is 0 Å². The number of methoxy groups -OCH3 is 1. The van der Waals surface area contributed by atoms with E-state index in [1.54, 1.807) is 7.11 Å². The number of ether oxygens (including phenoxy) is 2. The lowest BCUT2D eigenvalue weighted by Crippen LogP contribution is -2.20. The van der Waals surface area contributed by atoms with Gasteiger partial charge in [-0.2, -0.15) is 0 Å². The Kier molecular flexibility index (Phi) is 6.02. The SMILES string of the molecule is COc1ccc(OCCCCCN2CCCC2)cc1. The van der Waals surface area contributed by atoms with E-state index in [0.29, 0.717) is 0 Å². The Morgan fingerprint density at radius 2 is 1.63 bits per heavy atom. The molecule has 0 atom stereocenters. The van der Waals surface area contributed by atoms with E-state index in [0.717, 1.165) is 24.5 Å². The second-order valence-electron chi connectivity index (χ2n) is 5.13. The van der Waals surface area contributed by atoms with Crippen LogP contribution in [0.5, 0.6) is 11.5 Å². The molecular weight excluding hydrogens is 238 g/mol. The molecular formula is C16H25NO2. The third-order valence-electron chi connectivity index (χ3n) is 3.65. The maximum absolute atomic E-state index is 5.71. The van der Waals surface area contributed by atoms with Gasteiger partial charge in [-0.15, -0.1) is 0 Å². The van der Waals surface area contributed by atoms with E-state index in [4.69, 9.17) is 9.47 Å². The summed E-state index contributed by atoms with van der Waals surface area (Å²) in [6, 6.07) is 7.79.